The first kappa shape index (κ1) is 26.9. The van der Waals surface area contributed by atoms with E-state index >= 15 is 0 Å². The van der Waals surface area contributed by atoms with Gasteiger partial charge in [-0.15, -0.1) is 0 Å². The number of carbonyl (C=O) groups excluding carboxylic acids is 2. The summed E-state index contributed by atoms with van der Waals surface area (Å²) in [5, 5.41) is 11.4. The number of benzene rings is 3. The number of carbonyl (C=O) groups is 2. The van der Waals surface area contributed by atoms with Crippen LogP contribution in [0.5, 0.6) is 17.2 Å². The number of para-hydroxylation sites is 1. The summed E-state index contributed by atoms with van der Waals surface area (Å²) in [5.41, 5.74) is 1.94. The molecule has 1 heterocycles. The molecule has 1 aliphatic heterocycles. The van der Waals surface area contributed by atoms with Crippen LogP contribution in [-0.2, 0) is 14.3 Å². The molecule has 1 amide bonds. The van der Waals surface area contributed by atoms with Crippen LogP contribution >= 0.6 is 0 Å². The summed E-state index contributed by atoms with van der Waals surface area (Å²) in [4.78, 5) is 27.8. The standard InChI is InChI=1S/C31H33NO6/c1-4-5-17-37-26-15-14-23(19-21(26)2)29(33)27-28(32(16-18-36-3)31(35)30(27)34)22-10-9-13-25(20-22)38-24-11-7-6-8-12-24/h6-15,19-20,28,33H,4-5,16-18H2,1-3H3/b29-27+/t28-/m0/s1. The molecule has 1 atom stereocenters. The molecule has 0 aromatic heterocycles. The van der Waals surface area contributed by atoms with Crippen molar-refractivity contribution in [3.05, 3.63) is 95.1 Å². The predicted molar refractivity (Wildman–Crippen MR) is 145 cm³/mol. The molecule has 1 N–H and O–H groups in total. The summed E-state index contributed by atoms with van der Waals surface area (Å²) in [6.45, 7) is 5.02. The van der Waals surface area contributed by atoms with E-state index in [2.05, 4.69) is 6.92 Å². The Kier molecular flexibility index (Phi) is 8.81. The number of likely N-dealkylation sites (tertiary alicyclic amines) is 1. The molecule has 1 fully saturated rings. The number of aliphatic hydroxyl groups excluding tert-OH is 1. The number of aryl methyl sites for hydroxylation is 1. The van der Waals surface area contributed by atoms with E-state index in [0.717, 1.165) is 24.2 Å². The van der Waals surface area contributed by atoms with Gasteiger partial charge in [-0.1, -0.05) is 43.7 Å². The summed E-state index contributed by atoms with van der Waals surface area (Å²) >= 11 is 0. The number of unbranched alkanes of at least 4 members (excludes halogenated alkanes) is 1. The fourth-order valence-corrected chi connectivity index (χ4v) is 4.46. The summed E-state index contributed by atoms with van der Waals surface area (Å²) in [7, 11) is 1.53. The molecule has 0 spiro atoms. The second-order valence-electron chi connectivity index (χ2n) is 9.16. The van der Waals surface area contributed by atoms with Gasteiger partial charge in [0.25, 0.3) is 11.7 Å². The topological polar surface area (TPSA) is 85.3 Å². The fourth-order valence-electron chi connectivity index (χ4n) is 4.46. The van der Waals surface area contributed by atoms with Gasteiger partial charge in [0.1, 0.15) is 23.0 Å². The van der Waals surface area contributed by atoms with E-state index < -0.39 is 17.7 Å². The highest BCUT2D eigenvalue weighted by atomic mass is 16.5. The highest BCUT2D eigenvalue weighted by Gasteiger charge is 2.46. The van der Waals surface area contributed by atoms with Crippen LogP contribution in [0.4, 0.5) is 0 Å². The van der Waals surface area contributed by atoms with Crippen LogP contribution in [0.3, 0.4) is 0 Å². The van der Waals surface area contributed by atoms with Crippen molar-refractivity contribution >= 4 is 17.4 Å². The summed E-state index contributed by atoms with van der Waals surface area (Å²) in [6, 6.07) is 21.0. The van der Waals surface area contributed by atoms with E-state index in [0.29, 0.717) is 29.2 Å². The minimum absolute atomic E-state index is 0.0296. The molecule has 38 heavy (non-hydrogen) atoms. The van der Waals surface area contributed by atoms with Crippen molar-refractivity contribution in [3.63, 3.8) is 0 Å². The number of hydrogen-bond acceptors (Lipinski definition) is 6. The molecule has 1 aliphatic rings. The van der Waals surface area contributed by atoms with Crippen LogP contribution < -0.4 is 9.47 Å². The van der Waals surface area contributed by atoms with Crippen LogP contribution in [0.25, 0.3) is 5.76 Å². The second kappa shape index (κ2) is 12.4. The largest absolute Gasteiger partial charge is 0.507 e. The Morgan fingerprint density at radius 3 is 2.42 bits per heavy atom. The van der Waals surface area contributed by atoms with Crippen molar-refractivity contribution in [1.29, 1.82) is 0 Å². The molecule has 0 aliphatic carbocycles. The highest BCUT2D eigenvalue weighted by molar-refractivity contribution is 6.46. The average Bonchev–Trinajstić information content (AvgIpc) is 3.18. The average molecular weight is 516 g/mol. The third kappa shape index (κ3) is 5.89. The molecule has 0 radical (unpaired) electrons. The normalized spacial score (nSPS) is 16.6. The van der Waals surface area contributed by atoms with E-state index in [1.54, 1.807) is 36.4 Å². The molecule has 3 aromatic rings. The molecular formula is C31H33NO6. The van der Waals surface area contributed by atoms with Gasteiger partial charge in [0.15, 0.2) is 0 Å². The Morgan fingerprint density at radius 2 is 1.71 bits per heavy atom. The van der Waals surface area contributed by atoms with Gasteiger partial charge in [0.2, 0.25) is 0 Å². The van der Waals surface area contributed by atoms with Gasteiger partial charge in [-0.3, -0.25) is 9.59 Å². The number of hydrogen-bond donors (Lipinski definition) is 1. The molecule has 0 bridgehead atoms. The Morgan fingerprint density at radius 1 is 0.947 bits per heavy atom. The third-order valence-electron chi connectivity index (χ3n) is 6.43. The second-order valence-corrected chi connectivity index (χ2v) is 9.16. The Labute approximate surface area is 223 Å². The van der Waals surface area contributed by atoms with Crippen LogP contribution in [0.2, 0.25) is 0 Å². The molecule has 7 heteroatoms. The number of amides is 1. The lowest BCUT2D eigenvalue weighted by molar-refractivity contribution is -0.140. The number of rotatable bonds is 11. The SMILES string of the molecule is CCCCOc1ccc(/C(O)=C2\C(=O)C(=O)N(CCOC)[C@H]2c2cccc(Oc3ccccc3)c2)cc1C. The van der Waals surface area contributed by atoms with Crippen LogP contribution in [0.15, 0.2) is 78.4 Å². The molecule has 198 valence electrons. The Bertz CT molecular complexity index is 1320. The van der Waals surface area contributed by atoms with Crippen molar-refractivity contribution in [2.24, 2.45) is 0 Å². The van der Waals surface area contributed by atoms with E-state index in [4.69, 9.17) is 14.2 Å². The van der Waals surface area contributed by atoms with Gasteiger partial charge < -0.3 is 24.2 Å². The summed E-state index contributed by atoms with van der Waals surface area (Å²) < 4.78 is 17.0. The molecule has 0 saturated carbocycles. The van der Waals surface area contributed by atoms with E-state index in [1.165, 1.54) is 12.0 Å². The zero-order valence-corrected chi connectivity index (χ0v) is 22.0. The van der Waals surface area contributed by atoms with Gasteiger partial charge in [-0.2, -0.15) is 0 Å². The summed E-state index contributed by atoms with van der Waals surface area (Å²) in [6.07, 6.45) is 1.97. The lowest BCUT2D eigenvalue weighted by Gasteiger charge is -2.25. The Hall–Kier alpha value is -4.10. The quantitative estimate of drug-likeness (QED) is 0.145. The zero-order valence-electron chi connectivity index (χ0n) is 22.0. The molecule has 7 nitrogen and oxygen atoms in total. The van der Waals surface area contributed by atoms with E-state index in [1.807, 2.05) is 43.3 Å². The maximum atomic E-state index is 13.3. The van der Waals surface area contributed by atoms with Gasteiger partial charge in [0.05, 0.1) is 24.8 Å². The molecule has 4 rings (SSSR count). The third-order valence-corrected chi connectivity index (χ3v) is 6.43. The number of nitrogens with zero attached hydrogens (tertiary/aromatic N) is 1. The maximum Gasteiger partial charge on any atom is 0.295 e. The van der Waals surface area contributed by atoms with Crippen LogP contribution in [0, 0.1) is 6.92 Å². The first-order valence-corrected chi connectivity index (χ1v) is 12.8. The number of aliphatic hydroxyl groups is 1. The van der Waals surface area contributed by atoms with Crippen LogP contribution in [0.1, 0.15) is 42.5 Å². The monoisotopic (exact) mass is 515 g/mol. The lowest BCUT2D eigenvalue weighted by atomic mass is 9.94. The minimum atomic E-state index is -0.801. The zero-order chi connectivity index (χ0) is 27.1. The highest BCUT2D eigenvalue weighted by Crippen LogP contribution is 2.41. The lowest BCUT2D eigenvalue weighted by Crippen LogP contribution is -2.32. The fraction of sp³-hybridized carbons (Fsp3) is 0.290. The number of methoxy groups -OCH3 is 1. The van der Waals surface area contributed by atoms with Crippen LogP contribution in [-0.4, -0.2) is 48.6 Å². The first-order chi connectivity index (χ1) is 18.4. The number of ketones is 1. The van der Waals surface area contributed by atoms with Gasteiger partial charge in [-0.05, 0) is 66.9 Å². The maximum absolute atomic E-state index is 13.3. The van der Waals surface area contributed by atoms with Gasteiger partial charge in [-0.25, -0.2) is 0 Å². The number of ether oxygens (including phenoxy) is 3. The first-order valence-electron chi connectivity index (χ1n) is 12.8. The van der Waals surface area contributed by atoms with Crippen molar-refractivity contribution in [2.75, 3.05) is 26.9 Å². The summed E-state index contributed by atoms with van der Waals surface area (Å²) in [5.74, 6) is 0.284. The van der Waals surface area contributed by atoms with E-state index in [-0.39, 0.29) is 24.5 Å². The minimum Gasteiger partial charge on any atom is -0.507 e. The molecule has 1 saturated heterocycles. The molecule has 3 aromatic carbocycles. The van der Waals surface area contributed by atoms with Crippen molar-refractivity contribution in [2.45, 2.75) is 32.7 Å². The molecule has 0 unspecified atom stereocenters. The van der Waals surface area contributed by atoms with Gasteiger partial charge >= 0.3 is 0 Å². The Balaban J connectivity index is 1.74. The van der Waals surface area contributed by atoms with Gasteiger partial charge in [0, 0.05) is 19.2 Å². The molecular weight excluding hydrogens is 482 g/mol. The van der Waals surface area contributed by atoms with E-state index in [9.17, 15) is 14.7 Å². The van der Waals surface area contributed by atoms with Crippen molar-refractivity contribution in [1.82, 2.24) is 4.90 Å². The predicted octanol–water partition coefficient (Wildman–Crippen LogP) is 6.03. The number of Topliss-reactive ketones (excluding diaryl/α,β-unsaturated/α-hetero) is 1. The van der Waals surface area contributed by atoms with Crippen molar-refractivity contribution in [3.8, 4) is 17.2 Å². The smallest absolute Gasteiger partial charge is 0.295 e. The van der Waals surface area contributed by atoms with Crippen molar-refractivity contribution < 1.29 is 28.9 Å².